The first-order valence-corrected chi connectivity index (χ1v) is 5.71. The highest BCUT2D eigenvalue weighted by atomic mass is 15.1. The van der Waals surface area contributed by atoms with Crippen molar-refractivity contribution < 1.29 is 0 Å². The second-order valence-corrected chi connectivity index (χ2v) is 4.16. The maximum Gasteiger partial charge on any atom is 0.113 e. The van der Waals surface area contributed by atoms with Gasteiger partial charge in [0.15, 0.2) is 0 Å². The number of aromatic nitrogens is 2. The number of imidazole rings is 1. The van der Waals surface area contributed by atoms with Gasteiger partial charge >= 0.3 is 0 Å². The van der Waals surface area contributed by atoms with Crippen molar-refractivity contribution in [2.45, 2.75) is 19.5 Å². The largest absolute Gasteiger partial charge is 0.329 e. The molecule has 3 rings (SSSR count). The molecule has 0 fully saturated rings. The fourth-order valence-electron chi connectivity index (χ4n) is 2.19. The lowest BCUT2D eigenvalue weighted by Crippen LogP contribution is -2.28. The topological polar surface area (TPSA) is 29.9 Å². The molecular weight excluding hydrogens is 198 g/mol. The van der Waals surface area contributed by atoms with Gasteiger partial charge in [0.2, 0.25) is 0 Å². The molecule has 0 saturated carbocycles. The van der Waals surface area contributed by atoms with Gasteiger partial charge in [-0.2, -0.15) is 0 Å². The molecule has 0 atom stereocenters. The van der Waals surface area contributed by atoms with Crippen molar-refractivity contribution in [3.63, 3.8) is 0 Å². The molecule has 1 aliphatic heterocycles. The predicted octanol–water partition coefficient (Wildman–Crippen LogP) is 1.58. The summed E-state index contributed by atoms with van der Waals surface area (Å²) in [5, 5.41) is 3.36. The Hall–Kier alpha value is -1.61. The number of fused-ring (bicyclic) bond motifs is 1. The highest BCUT2D eigenvalue weighted by molar-refractivity contribution is 5.21. The van der Waals surface area contributed by atoms with Crippen LogP contribution < -0.4 is 5.32 Å². The molecule has 16 heavy (non-hydrogen) atoms. The molecule has 0 unspecified atom stereocenters. The molecular formula is C13H15N3. The lowest BCUT2D eigenvalue weighted by atomic mass is 10.1. The van der Waals surface area contributed by atoms with Crippen molar-refractivity contribution >= 4 is 0 Å². The van der Waals surface area contributed by atoms with Gasteiger partial charge in [-0.05, 0) is 5.56 Å². The molecule has 1 aromatic heterocycles. The van der Waals surface area contributed by atoms with Crippen LogP contribution in [0.15, 0.2) is 36.5 Å². The molecule has 3 heteroatoms. The summed E-state index contributed by atoms with van der Waals surface area (Å²) in [6.07, 6.45) is 2.92. The fourth-order valence-corrected chi connectivity index (χ4v) is 2.19. The van der Waals surface area contributed by atoms with Crippen LogP contribution in [0.3, 0.4) is 0 Å². The van der Waals surface area contributed by atoms with Gasteiger partial charge in [0.05, 0.1) is 5.69 Å². The maximum atomic E-state index is 4.52. The second kappa shape index (κ2) is 4.10. The summed E-state index contributed by atoms with van der Waals surface area (Å²) in [4.78, 5) is 4.52. The molecule has 0 saturated heterocycles. The zero-order valence-corrected chi connectivity index (χ0v) is 9.19. The van der Waals surface area contributed by atoms with E-state index in [1.54, 1.807) is 0 Å². The van der Waals surface area contributed by atoms with E-state index in [9.17, 15) is 0 Å². The van der Waals surface area contributed by atoms with E-state index < -0.39 is 0 Å². The lowest BCUT2D eigenvalue weighted by molar-refractivity contribution is 0.504. The normalized spacial score (nSPS) is 14.8. The van der Waals surface area contributed by atoms with Gasteiger partial charge in [-0.25, -0.2) is 4.98 Å². The molecule has 0 spiro atoms. The van der Waals surface area contributed by atoms with Crippen LogP contribution >= 0.6 is 0 Å². The number of rotatable bonds is 2. The molecule has 1 aromatic carbocycles. The predicted molar refractivity (Wildman–Crippen MR) is 63.2 cm³/mol. The summed E-state index contributed by atoms with van der Waals surface area (Å²) < 4.78 is 2.34. The Morgan fingerprint density at radius 1 is 1.25 bits per heavy atom. The van der Waals surface area contributed by atoms with Gasteiger partial charge in [-0.3, -0.25) is 0 Å². The lowest BCUT2D eigenvalue weighted by Gasteiger charge is -2.17. The van der Waals surface area contributed by atoms with Crippen molar-refractivity contribution in [2.75, 3.05) is 6.54 Å². The molecule has 0 aliphatic carbocycles. The SMILES string of the molecule is c1ccc(Cc2ncc3n2CCNC3)cc1. The molecule has 1 N–H and O–H groups in total. The van der Waals surface area contributed by atoms with Crippen molar-refractivity contribution in [1.82, 2.24) is 14.9 Å². The zero-order valence-electron chi connectivity index (χ0n) is 9.19. The van der Waals surface area contributed by atoms with E-state index in [0.717, 1.165) is 26.1 Å². The van der Waals surface area contributed by atoms with Crippen LogP contribution in [0.1, 0.15) is 17.1 Å². The average molecular weight is 213 g/mol. The first-order valence-electron chi connectivity index (χ1n) is 5.71. The highest BCUT2D eigenvalue weighted by Crippen LogP contribution is 2.13. The average Bonchev–Trinajstić information content (AvgIpc) is 2.74. The molecule has 1 aliphatic rings. The third-order valence-corrected chi connectivity index (χ3v) is 3.04. The van der Waals surface area contributed by atoms with E-state index in [4.69, 9.17) is 0 Å². The first-order chi connectivity index (χ1) is 7.93. The van der Waals surface area contributed by atoms with Crippen LogP contribution in [0.5, 0.6) is 0 Å². The third-order valence-electron chi connectivity index (χ3n) is 3.04. The van der Waals surface area contributed by atoms with E-state index in [1.165, 1.54) is 17.1 Å². The molecule has 2 aromatic rings. The van der Waals surface area contributed by atoms with Crippen molar-refractivity contribution in [3.8, 4) is 0 Å². The number of hydrogen-bond donors (Lipinski definition) is 1. The number of nitrogens with one attached hydrogen (secondary N) is 1. The van der Waals surface area contributed by atoms with Crippen LogP contribution in [0.25, 0.3) is 0 Å². The first kappa shape index (κ1) is 9.60. The van der Waals surface area contributed by atoms with Gasteiger partial charge in [0, 0.05) is 32.3 Å². The van der Waals surface area contributed by atoms with E-state index in [0.29, 0.717) is 0 Å². The summed E-state index contributed by atoms with van der Waals surface area (Å²) in [7, 11) is 0. The van der Waals surface area contributed by atoms with Gasteiger partial charge in [0.1, 0.15) is 5.82 Å². The van der Waals surface area contributed by atoms with Crippen LogP contribution in [-0.4, -0.2) is 16.1 Å². The van der Waals surface area contributed by atoms with Crippen molar-refractivity contribution in [2.24, 2.45) is 0 Å². The third kappa shape index (κ3) is 1.74. The summed E-state index contributed by atoms with van der Waals surface area (Å²) in [5.41, 5.74) is 2.63. The molecule has 0 radical (unpaired) electrons. The smallest absolute Gasteiger partial charge is 0.113 e. The van der Waals surface area contributed by atoms with Crippen LogP contribution in [0.4, 0.5) is 0 Å². The van der Waals surface area contributed by atoms with Gasteiger partial charge in [-0.15, -0.1) is 0 Å². The van der Waals surface area contributed by atoms with Crippen LogP contribution in [0.2, 0.25) is 0 Å². The summed E-state index contributed by atoms with van der Waals surface area (Å²) >= 11 is 0. The molecule has 0 amide bonds. The van der Waals surface area contributed by atoms with E-state index in [-0.39, 0.29) is 0 Å². The Labute approximate surface area is 95.1 Å². The minimum Gasteiger partial charge on any atom is -0.329 e. The monoisotopic (exact) mass is 213 g/mol. The second-order valence-electron chi connectivity index (χ2n) is 4.16. The minimum atomic E-state index is 0.931. The Morgan fingerprint density at radius 3 is 3.00 bits per heavy atom. The standard InChI is InChI=1S/C13H15N3/c1-2-4-11(5-3-1)8-13-15-10-12-9-14-6-7-16(12)13/h1-5,10,14H,6-9H2. The van der Waals surface area contributed by atoms with E-state index in [1.807, 2.05) is 6.20 Å². The quantitative estimate of drug-likeness (QED) is 0.820. The van der Waals surface area contributed by atoms with Crippen molar-refractivity contribution in [1.29, 1.82) is 0 Å². The molecule has 3 nitrogen and oxygen atoms in total. The van der Waals surface area contributed by atoms with Crippen LogP contribution in [0, 0.1) is 0 Å². The van der Waals surface area contributed by atoms with Gasteiger partial charge in [0.25, 0.3) is 0 Å². The Balaban J connectivity index is 1.88. The Kier molecular flexibility index (Phi) is 2.46. The fraction of sp³-hybridized carbons (Fsp3) is 0.308. The minimum absolute atomic E-state index is 0.931. The van der Waals surface area contributed by atoms with Gasteiger partial charge < -0.3 is 9.88 Å². The summed E-state index contributed by atoms with van der Waals surface area (Å²) in [5.74, 6) is 1.18. The van der Waals surface area contributed by atoms with Gasteiger partial charge in [-0.1, -0.05) is 30.3 Å². The summed E-state index contributed by atoms with van der Waals surface area (Å²) in [6.45, 7) is 3.03. The molecule has 82 valence electrons. The Bertz CT molecular complexity index is 473. The van der Waals surface area contributed by atoms with E-state index >= 15 is 0 Å². The number of benzene rings is 1. The van der Waals surface area contributed by atoms with Crippen molar-refractivity contribution in [3.05, 3.63) is 53.6 Å². The van der Waals surface area contributed by atoms with E-state index in [2.05, 4.69) is 45.2 Å². The zero-order chi connectivity index (χ0) is 10.8. The van der Waals surface area contributed by atoms with Crippen LogP contribution in [-0.2, 0) is 19.5 Å². The molecule has 2 heterocycles. The Morgan fingerprint density at radius 2 is 2.12 bits per heavy atom. The number of nitrogens with zero attached hydrogens (tertiary/aromatic N) is 2. The summed E-state index contributed by atoms with van der Waals surface area (Å²) in [6, 6.07) is 10.5. The highest BCUT2D eigenvalue weighted by Gasteiger charge is 2.13. The maximum absolute atomic E-state index is 4.52. The number of hydrogen-bond acceptors (Lipinski definition) is 2. The molecule has 0 bridgehead atoms.